The minimum absolute atomic E-state index is 0.0392. The molecule has 1 fully saturated rings. The van der Waals surface area contributed by atoms with E-state index < -0.39 is 0 Å². The molecule has 0 aromatic heterocycles. The van der Waals surface area contributed by atoms with Crippen LogP contribution in [0.25, 0.3) is 0 Å². The van der Waals surface area contributed by atoms with E-state index in [1.165, 1.54) is 50.7 Å². The Morgan fingerprint density at radius 3 is 2.52 bits per heavy atom. The standard InChI is InChI=1S/C18H28FNO/c1-2-3-4-5-6-13-21-18(14-20-17-11-12-17)15-7-9-16(19)10-8-15/h7-10,17-18,20H,2-6,11-14H2,1H3. The summed E-state index contributed by atoms with van der Waals surface area (Å²) in [4.78, 5) is 0. The Kier molecular flexibility index (Phi) is 7.17. The van der Waals surface area contributed by atoms with E-state index in [4.69, 9.17) is 4.74 Å². The summed E-state index contributed by atoms with van der Waals surface area (Å²) in [6, 6.07) is 7.38. The molecule has 0 heterocycles. The van der Waals surface area contributed by atoms with Gasteiger partial charge in [0.1, 0.15) is 5.82 Å². The molecule has 1 atom stereocenters. The van der Waals surface area contributed by atoms with E-state index in [1.807, 2.05) is 12.1 Å². The summed E-state index contributed by atoms with van der Waals surface area (Å²) in [7, 11) is 0. The molecule has 1 saturated carbocycles. The van der Waals surface area contributed by atoms with Gasteiger partial charge in [-0.05, 0) is 37.0 Å². The summed E-state index contributed by atoms with van der Waals surface area (Å²) in [6.07, 6.45) is 8.80. The summed E-state index contributed by atoms with van der Waals surface area (Å²) in [5.41, 5.74) is 1.07. The fourth-order valence-electron chi connectivity index (χ4n) is 2.44. The molecular formula is C18H28FNO. The van der Waals surface area contributed by atoms with Crippen molar-refractivity contribution in [3.8, 4) is 0 Å². The van der Waals surface area contributed by atoms with Crippen molar-refractivity contribution in [3.63, 3.8) is 0 Å². The highest BCUT2D eigenvalue weighted by Crippen LogP contribution is 2.22. The van der Waals surface area contributed by atoms with Gasteiger partial charge in [-0.25, -0.2) is 4.39 Å². The molecule has 3 heteroatoms. The van der Waals surface area contributed by atoms with E-state index in [1.54, 1.807) is 0 Å². The molecule has 1 aliphatic rings. The molecule has 1 aromatic rings. The average Bonchev–Trinajstić information content (AvgIpc) is 3.31. The van der Waals surface area contributed by atoms with Crippen LogP contribution >= 0.6 is 0 Å². The Morgan fingerprint density at radius 1 is 1.14 bits per heavy atom. The van der Waals surface area contributed by atoms with Crippen molar-refractivity contribution < 1.29 is 9.13 Å². The van der Waals surface area contributed by atoms with Gasteiger partial charge < -0.3 is 10.1 Å². The maximum Gasteiger partial charge on any atom is 0.123 e. The molecule has 21 heavy (non-hydrogen) atoms. The first-order valence-corrected chi connectivity index (χ1v) is 8.40. The van der Waals surface area contributed by atoms with Crippen LogP contribution in [0.4, 0.5) is 4.39 Å². The maximum atomic E-state index is 13.0. The van der Waals surface area contributed by atoms with Crippen LogP contribution in [-0.4, -0.2) is 19.2 Å². The van der Waals surface area contributed by atoms with Gasteiger partial charge in [0, 0.05) is 19.2 Å². The van der Waals surface area contributed by atoms with Crippen LogP contribution in [0.15, 0.2) is 24.3 Å². The van der Waals surface area contributed by atoms with E-state index in [0.29, 0.717) is 6.04 Å². The Hall–Kier alpha value is -0.930. The van der Waals surface area contributed by atoms with E-state index in [-0.39, 0.29) is 11.9 Å². The summed E-state index contributed by atoms with van der Waals surface area (Å²) in [5.74, 6) is -0.188. The van der Waals surface area contributed by atoms with Crippen molar-refractivity contribution in [2.24, 2.45) is 0 Å². The molecule has 118 valence electrons. The van der Waals surface area contributed by atoms with Crippen molar-refractivity contribution in [1.29, 1.82) is 0 Å². The van der Waals surface area contributed by atoms with Crippen LogP contribution in [0, 0.1) is 5.82 Å². The van der Waals surface area contributed by atoms with Gasteiger partial charge in [-0.15, -0.1) is 0 Å². The molecule has 1 unspecified atom stereocenters. The monoisotopic (exact) mass is 293 g/mol. The second-order valence-electron chi connectivity index (χ2n) is 6.01. The molecule has 0 amide bonds. The molecule has 1 aromatic carbocycles. The lowest BCUT2D eigenvalue weighted by Crippen LogP contribution is -2.25. The molecule has 0 aliphatic heterocycles. The first kappa shape index (κ1) is 16.4. The zero-order valence-electron chi connectivity index (χ0n) is 13.1. The van der Waals surface area contributed by atoms with Crippen LogP contribution < -0.4 is 5.32 Å². The molecule has 2 rings (SSSR count). The lowest BCUT2D eigenvalue weighted by molar-refractivity contribution is 0.0495. The number of halogens is 1. The molecule has 0 spiro atoms. The number of ether oxygens (including phenoxy) is 1. The predicted octanol–water partition coefficient (Wildman–Crippen LogP) is 4.61. The van der Waals surface area contributed by atoms with Crippen molar-refractivity contribution >= 4 is 0 Å². The fraction of sp³-hybridized carbons (Fsp3) is 0.667. The topological polar surface area (TPSA) is 21.3 Å². The van der Waals surface area contributed by atoms with Crippen molar-refractivity contribution in [2.45, 2.75) is 64.0 Å². The first-order chi connectivity index (χ1) is 10.3. The van der Waals surface area contributed by atoms with Crippen molar-refractivity contribution in [2.75, 3.05) is 13.2 Å². The molecule has 1 N–H and O–H groups in total. The van der Waals surface area contributed by atoms with Gasteiger partial charge in [-0.1, -0.05) is 44.7 Å². The smallest absolute Gasteiger partial charge is 0.123 e. The van der Waals surface area contributed by atoms with Crippen LogP contribution in [0.5, 0.6) is 0 Å². The fourth-order valence-corrected chi connectivity index (χ4v) is 2.44. The van der Waals surface area contributed by atoms with Gasteiger partial charge in [-0.3, -0.25) is 0 Å². The zero-order chi connectivity index (χ0) is 14.9. The lowest BCUT2D eigenvalue weighted by atomic mass is 10.1. The Balaban J connectivity index is 1.75. The van der Waals surface area contributed by atoms with Crippen LogP contribution in [0.1, 0.15) is 63.5 Å². The summed E-state index contributed by atoms with van der Waals surface area (Å²) in [5, 5.41) is 3.51. The second kappa shape index (κ2) is 9.16. The van der Waals surface area contributed by atoms with Gasteiger partial charge >= 0.3 is 0 Å². The molecule has 0 radical (unpaired) electrons. The Bertz CT molecular complexity index is 389. The first-order valence-electron chi connectivity index (χ1n) is 8.40. The van der Waals surface area contributed by atoms with Gasteiger partial charge in [0.05, 0.1) is 6.10 Å². The van der Waals surface area contributed by atoms with Crippen LogP contribution in [0.3, 0.4) is 0 Å². The third-order valence-electron chi connectivity index (χ3n) is 3.98. The third kappa shape index (κ3) is 6.58. The number of unbranched alkanes of at least 4 members (excludes halogenated alkanes) is 4. The highest BCUT2D eigenvalue weighted by molar-refractivity contribution is 5.19. The number of hydrogen-bond donors (Lipinski definition) is 1. The Morgan fingerprint density at radius 2 is 1.86 bits per heavy atom. The lowest BCUT2D eigenvalue weighted by Gasteiger charge is -2.19. The number of rotatable bonds is 11. The molecule has 1 aliphatic carbocycles. The predicted molar refractivity (Wildman–Crippen MR) is 84.9 cm³/mol. The van der Waals surface area contributed by atoms with Gasteiger partial charge in [-0.2, -0.15) is 0 Å². The van der Waals surface area contributed by atoms with Crippen LogP contribution in [0.2, 0.25) is 0 Å². The number of nitrogens with one attached hydrogen (secondary N) is 1. The minimum Gasteiger partial charge on any atom is -0.372 e. The average molecular weight is 293 g/mol. The van der Waals surface area contributed by atoms with E-state index in [0.717, 1.165) is 25.1 Å². The largest absolute Gasteiger partial charge is 0.372 e. The molecular weight excluding hydrogens is 265 g/mol. The van der Waals surface area contributed by atoms with E-state index in [2.05, 4.69) is 12.2 Å². The maximum absolute atomic E-state index is 13.0. The minimum atomic E-state index is -0.188. The summed E-state index contributed by atoms with van der Waals surface area (Å²) in [6.45, 7) is 3.84. The van der Waals surface area contributed by atoms with Crippen LogP contribution in [-0.2, 0) is 4.74 Å². The Labute approximate surface area is 128 Å². The summed E-state index contributed by atoms with van der Waals surface area (Å²) < 4.78 is 19.1. The number of benzene rings is 1. The van der Waals surface area contributed by atoms with Gasteiger partial charge in [0.25, 0.3) is 0 Å². The van der Waals surface area contributed by atoms with Gasteiger partial charge in [0.15, 0.2) is 0 Å². The number of hydrogen-bond acceptors (Lipinski definition) is 2. The van der Waals surface area contributed by atoms with Gasteiger partial charge in [0.2, 0.25) is 0 Å². The van der Waals surface area contributed by atoms with E-state index in [9.17, 15) is 4.39 Å². The quantitative estimate of drug-likeness (QED) is 0.602. The molecule has 0 saturated heterocycles. The van der Waals surface area contributed by atoms with Crippen molar-refractivity contribution in [1.82, 2.24) is 5.32 Å². The highest BCUT2D eigenvalue weighted by atomic mass is 19.1. The molecule has 2 nitrogen and oxygen atoms in total. The molecule has 0 bridgehead atoms. The normalized spacial score (nSPS) is 16.1. The highest BCUT2D eigenvalue weighted by Gasteiger charge is 2.22. The third-order valence-corrected chi connectivity index (χ3v) is 3.98. The zero-order valence-corrected chi connectivity index (χ0v) is 13.1. The van der Waals surface area contributed by atoms with E-state index >= 15 is 0 Å². The second-order valence-corrected chi connectivity index (χ2v) is 6.01. The van der Waals surface area contributed by atoms with Crippen molar-refractivity contribution in [3.05, 3.63) is 35.6 Å². The SMILES string of the molecule is CCCCCCCOC(CNC1CC1)c1ccc(F)cc1. The summed E-state index contributed by atoms with van der Waals surface area (Å²) >= 11 is 0.